The first-order valence-electron chi connectivity index (χ1n) is 6.87. The summed E-state index contributed by atoms with van der Waals surface area (Å²) in [5.74, 6) is 0.0172. The minimum atomic E-state index is -0.290. The molecule has 108 valence electrons. The standard InChI is InChI=1S/C13H24N4O2/c1-16(2)13(5-4-6-13)9-17(3)12(19)10-7-15-11(18)8-14-10/h10,14H,4-9H2,1-3H3,(H,15,18). The third-order valence-corrected chi connectivity index (χ3v) is 4.45. The second kappa shape index (κ2) is 5.46. The zero-order valence-electron chi connectivity index (χ0n) is 12.0. The molecule has 0 spiro atoms. The molecule has 6 heteroatoms. The molecule has 2 aliphatic rings. The fourth-order valence-corrected chi connectivity index (χ4v) is 2.86. The molecule has 1 atom stereocenters. The Balaban J connectivity index is 1.90. The third-order valence-electron chi connectivity index (χ3n) is 4.45. The summed E-state index contributed by atoms with van der Waals surface area (Å²) in [6, 6.07) is -0.290. The summed E-state index contributed by atoms with van der Waals surface area (Å²) in [5.41, 5.74) is 0.141. The lowest BCUT2D eigenvalue weighted by Gasteiger charge is -2.49. The summed E-state index contributed by atoms with van der Waals surface area (Å²) in [6.45, 7) is 1.37. The number of piperazine rings is 1. The molecule has 1 aliphatic carbocycles. The average molecular weight is 268 g/mol. The zero-order valence-corrected chi connectivity index (χ0v) is 12.0. The number of nitrogens with zero attached hydrogens (tertiary/aromatic N) is 2. The number of rotatable bonds is 4. The van der Waals surface area contributed by atoms with Crippen LogP contribution in [0.4, 0.5) is 0 Å². The Labute approximate surface area is 114 Å². The maximum atomic E-state index is 12.3. The topological polar surface area (TPSA) is 64.7 Å². The monoisotopic (exact) mass is 268 g/mol. The van der Waals surface area contributed by atoms with E-state index in [1.165, 1.54) is 6.42 Å². The van der Waals surface area contributed by atoms with Crippen LogP contribution in [0.15, 0.2) is 0 Å². The van der Waals surface area contributed by atoms with Crippen molar-refractivity contribution < 1.29 is 9.59 Å². The first-order chi connectivity index (χ1) is 8.94. The first kappa shape index (κ1) is 14.3. The van der Waals surface area contributed by atoms with Crippen LogP contribution in [-0.4, -0.2) is 74.0 Å². The lowest BCUT2D eigenvalue weighted by atomic mass is 9.75. The highest BCUT2D eigenvalue weighted by Gasteiger charge is 2.41. The number of carbonyl (C=O) groups excluding carboxylic acids is 2. The molecule has 2 rings (SSSR count). The number of carbonyl (C=O) groups is 2. The lowest BCUT2D eigenvalue weighted by Crippen LogP contribution is -2.62. The van der Waals surface area contributed by atoms with Gasteiger partial charge in [-0.05, 0) is 33.4 Å². The molecule has 2 amide bonds. The van der Waals surface area contributed by atoms with E-state index in [1.807, 2.05) is 7.05 Å². The number of hydrogen-bond acceptors (Lipinski definition) is 4. The van der Waals surface area contributed by atoms with Crippen LogP contribution in [0.1, 0.15) is 19.3 Å². The summed E-state index contributed by atoms with van der Waals surface area (Å²) < 4.78 is 0. The lowest BCUT2D eigenvalue weighted by molar-refractivity contribution is -0.136. The van der Waals surface area contributed by atoms with Gasteiger partial charge in [-0.1, -0.05) is 0 Å². The van der Waals surface area contributed by atoms with E-state index in [9.17, 15) is 9.59 Å². The van der Waals surface area contributed by atoms with E-state index < -0.39 is 0 Å². The molecule has 1 aliphatic heterocycles. The molecule has 6 nitrogen and oxygen atoms in total. The predicted octanol–water partition coefficient (Wildman–Crippen LogP) is -0.983. The van der Waals surface area contributed by atoms with Crippen molar-refractivity contribution in [2.75, 3.05) is 40.8 Å². The van der Waals surface area contributed by atoms with Gasteiger partial charge in [-0.2, -0.15) is 0 Å². The molecule has 0 aromatic carbocycles. The predicted molar refractivity (Wildman–Crippen MR) is 72.7 cm³/mol. The van der Waals surface area contributed by atoms with Crippen molar-refractivity contribution in [3.63, 3.8) is 0 Å². The summed E-state index contributed by atoms with van der Waals surface area (Å²) >= 11 is 0. The SMILES string of the molecule is CN(CC1(N(C)C)CCC1)C(=O)C1CNC(=O)CN1. The van der Waals surface area contributed by atoms with Crippen molar-refractivity contribution in [1.29, 1.82) is 0 Å². The van der Waals surface area contributed by atoms with Gasteiger partial charge in [0.1, 0.15) is 6.04 Å². The second-order valence-electron chi connectivity index (χ2n) is 5.90. The number of amides is 2. The molecule has 0 bridgehead atoms. The smallest absolute Gasteiger partial charge is 0.241 e. The largest absolute Gasteiger partial charge is 0.353 e. The van der Waals surface area contributed by atoms with Crippen molar-refractivity contribution >= 4 is 11.8 Å². The quantitative estimate of drug-likeness (QED) is 0.688. The van der Waals surface area contributed by atoms with Crippen LogP contribution >= 0.6 is 0 Å². The summed E-state index contributed by atoms with van der Waals surface area (Å²) in [5, 5.41) is 5.71. The number of hydrogen-bond donors (Lipinski definition) is 2. The van der Waals surface area contributed by atoms with Gasteiger partial charge in [-0.15, -0.1) is 0 Å². The highest BCUT2D eigenvalue weighted by Crippen LogP contribution is 2.36. The zero-order chi connectivity index (χ0) is 14.0. The van der Waals surface area contributed by atoms with E-state index in [0.717, 1.165) is 19.4 Å². The van der Waals surface area contributed by atoms with E-state index in [1.54, 1.807) is 4.90 Å². The van der Waals surface area contributed by atoms with E-state index in [0.29, 0.717) is 6.54 Å². The molecule has 1 unspecified atom stereocenters. The van der Waals surface area contributed by atoms with Gasteiger partial charge in [-0.25, -0.2) is 0 Å². The van der Waals surface area contributed by atoms with E-state index in [2.05, 4.69) is 29.6 Å². The molecular formula is C13H24N4O2. The minimum absolute atomic E-state index is 0.0459. The van der Waals surface area contributed by atoms with Gasteiger partial charge in [0.15, 0.2) is 0 Å². The van der Waals surface area contributed by atoms with Crippen LogP contribution < -0.4 is 10.6 Å². The molecule has 0 aromatic rings. The Kier molecular flexibility index (Phi) is 4.10. The highest BCUT2D eigenvalue weighted by molar-refractivity contribution is 5.86. The molecule has 19 heavy (non-hydrogen) atoms. The summed E-state index contributed by atoms with van der Waals surface area (Å²) in [4.78, 5) is 27.4. The Morgan fingerprint density at radius 3 is 2.47 bits per heavy atom. The Morgan fingerprint density at radius 2 is 2.05 bits per heavy atom. The van der Waals surface area contributed by atoms with Crippen LogP contribution in [0.2, 0.25) is 0 Å². The third kappa shape index (κ3) is 2.90. The van der Waals surface area contributed by atoms with Crippen molar-refractivity contribution in [2.45, 2.75) is 30.8 Å². The Bertz CT molecular complexity index is 356. The van der Waals surface area contributed by atoms with Gasteiger partial charge in [0, 0.05) is 25.7 Å². The van der Waals surface area contributed by atoms with Gasteiger partial charge in [0.2, 0.25) is 11.8 Å². The number of likely N-dealkylation sites (N-methyl/N-ethyl adjacent to an activating group) is 2. The first-order valence-corrected chi connectivity index (χ1v) is 6.87. The molecule has 2 N–H and O–H groups in total. The minimum Gasteiger partial charge on any atom is -0.353 e. The van der Waals surface area contributed by atoms with Gasteiger partial charge in [0.25, 0.3) is 0 Å². The van der Waals surface area contributed by atoms with Crippen LogP contribution in [-0.2, 0) is 9.59 Å². The van der Waals surface area contributed by atoms with Crippen LogP contribution in [0.5, 0.6) is 0 Å². The summed E-state index contributed by atoms with van der Waals surface area (Å²) in [7, 11) is 6.01. The van der Waals surface area contributed by atoms with Gasteiger partial charge < -0.3 is 15.1 Å². The normalized spacial score (nSPS) is 25.7. The van der Waals surface area contributed by atoms with Gasteiger partial charge in [0.05, 0.1) is 6.54 Å². The molecule has 2 fully saturated rings. The van der Waals surface area contributed by atoms with Gasteiger partial charge >= 0.3 is 0 Å². The van der Waals surface area contributed by atoms with Crippen molar-refractivity contribution in [1.82, 2.24) is 20.4 Å². The molecule has 0 aromatic heterocycles. The van der Waals surface area contributed by atoms with E-state index in [4.69, 9.17) is 0 Å². The average Bonchev–Trinajstić information content (AvgIpc) is 2.33. The fourth-order valence-electron chi connectivity index (χ4n) is 2.86. The van der Waals surface area contributed by atoms with Crippen molar-refractivity contribution in [3.05, 3.63) is 0 Å². The van der Waals surface area contributed by atoms with Crippen LogP contribution in [0.3, 0.4) is 0 Å². The Morgan fingerprint density at radius 1 is 1.37 bits per heavy atom. The maximum Gasteiger partial charge on any atom is 0.241 e. The molecule has 1 saturated carbocycles. The van der Waals surface area contributed by atoms with Crippen LogP contribution in [0, 0.1) is 0 Å². The molecule has 1 saturated heterocycles. The van der Waals surface area contributed by atoms with Crippen molar-refractivity contribution in [2.24, 2.45) is 0 Å². The number of nitrogens with one attached hydrogen (secondary N) is 2. The second-order valence-corrected chi connectivity index (χ2v) is 5.90. The maximum absolute atomic E-state index is 12.3. The molecule has 0 radical (unpaired) electrons. The summed E-state index contributed by atoms with van der Waals surface area (Å²) in [6.07, 6.45) is 3.52. The molecule has 1 heterocycles. The fraction of sp³-hybridized carbons (Fsp3) is 0.846. The van der Waals surface area contributed by atoms with Crippen molar-refractivity contribution in [3.8, 4) is 0 Å². The van der Waals surface area contributed by atoms with Crippen LogP contribution in [0.25, 0.3) is 0 Å². The Hall–Kier alpha value is -1.14. The molecular weight excluding hydrogens is 244 g/mol. The van der Waals surface area contributed by atoms with E-state index in [-0.39, 0.29) is 29.9 Å². The van der Waals surface area contributed by atoms with Gasteiger partial charge in [-0.3, -0.25) is 14.9 Å². The highest BCUT2D eigenvalue weighted by atomic mass is 16.2. The van der Waals surface area contributed by atoms with E-state index >= 15 is 0 Å².